The van der Waals surface area contributed by atoms with E-state index < -0.39 is 29.2 Å². The Balaban J connectivity index is 0.00000178. The third kappa shape index (κ3) is 11.8. The number of ether oxygens (including phenoxy) is 2. The number of aryl methyl sites for hydroxylation is 4. The van der Waals surface area contributed by atoms with E-state index in [1.54, 1.807) is 72.8 Å². The lowest BCUT2D eigenvalue weighted by atomic mass is 9.91. The van der Waals surface area contributed by atoms with Gasteiger partial charge in [0.25, 0.3) is 11.8 Å². The number of hydrogen-bond acceptors (Lipinski definition) is 13. The van der Waals surface area contributed by atoms with Gasteiger partial charge >= 0.3 is 0 Å². The quantitative estimate of drug-likeness (QED) is 0.0608. The van der Waals surface area contributed by atoms with E-state index in [1.807, 2.05) is 32.9 Å². The lowest BCUT2D eigenvalue weighted by Crippen LogP contribution is -2.70. The van der Waals surface area contributed by atoms with Gasteiger partial charge < -0.3 is 40.7 Å². The van der Waals surface area contributed by atoms with E-state index in [-0.39, 0.29) is 55.2 Å². The smallest absolute Gasteiger partial charge is 0.276 e. The monoisotopic (exact) mass is 976 g/mol. The first-order valence-corrected chi connectivity index (χ1v) is 23.9. The van der Waals surface area contributed by atoms with Crippen LogP contribution in [0, 0.1) is 19.8 Å². The molecule has 0 atom stereocenters. The third-order valence-corrected chi connectivity index (χ3v) is 11.9. The van der Waals surface area contributed by atoms with Gasteiger partial charge in [-0.1, -0.05) is 32.9 Å². The first kappa shape index (κ1) is 51.4. The van der Waals surface area contributed by atoms with Crippen molar-refractivity contribution in [2.75, 3.05) is 63.1 Å². The van der Waals surface area contributed by atoms with Gasteiger partial charge in [-0.05, 0) is 82.5 Å². The minimum atomic E-state index is -0.678. The zero-order valence-electron chi connectivity index (χ0n) is 41.5. The Labute approximate surface area is 411 Å². The molecule has 22 nitrogen and oxygen atoms in total. The molecule has 2 saturated heterocycles. The Morgan fingerprint density at radius 1 is 0.789 bits per heavy atom. The van der Waals surface area contributed by atoms with Crippen molar-refractivity contribution in [1.82, 2.24) is 48.5 Å². The second kappa shape index (κ2) is 22.1. The van der Waals surface area contributed by atoms with Crippen LogP contribution in [0.2, 0.25) is 0 Å². The normalized spacial score (nSPS) is 14.5. The summed E-state index contributed by atoms with van der Waals surface area (Å²) < 4.78 is 19.3. The maximum absolute atomic E-state index is 13.9. The van der Waals surface area contributed by atoms with E-state index in [0.29, 0.717) is 109 Å². The molecule has 0 saturated carbocycles. The average Bonchev–Trinajstić information content (AvgIpc) is 4.09. The number of nitrogens with zero attached hydrogens (tertiary/aromatic N) is 10. The predicted molar refractivity (Wildman–Crippen MR) is 268 cm³/mol. The highest BCUT2D eigenvalue weighted by molar-refractivity contribution is 6.05. The number of amides is 5. The summed E-state index contributed by atoms with van der Waals surface area (Å²) in [6.07, 6.45) is 4.36. The maximum Gasteiger partial charge on any atom is 0.276 e. The first-order chi connectivity index (χ1) is 33.9. The molecule has 6 aromatic rings. The highest BCUT2D eigenvalue weighted by Crippen LogP contribution is 2.33. The van der Waals surface area contributed by atoms with Crippen molar-refractivity contribution in [3.63, 3.8) is 0 Å². The van der Waals surface area contributed by atoms with E-state index >= 15 is 0 Å². The number of likely N-dealkylation sites (tertiary alicyclic amines) is 1. The number of allylic oxidation sites excluding steroid dienone is 2. The lowest BCUT2D eigenvalue weighted by Gasteiger charge is -2.54. The summed E-state index contributed by atoms with van der Waals surface area (Å²) in [5, 5.41) is 14.7. The summed E-state index contributed by atoms with van der Waals surface area (Å²) in [5.41, 5.74) is 21.0. The minimum absolute atomic E-state index is 0.0333. The molecule has 0 radical (unpaired) electrons. The van der Waals surface area contributed by atoms with Crippen molar-refractivity contribution in [2.24, 2.45) is 23.1 Å². The molecule has 2 aliphatic rings. The van der Waals surface area contributed by atoms with Crippen LogP contribution in [0.25, 0.3) is 22.1 Å². The molecule has 0 bridgehead atoms. The summed E-state index contributed by atoms with van der Waals surface area (Å²) in [6.45, 7) is 19.0. The number of imidazole rings is 2. The molecular weight excluding hydrogens is 911 g/mol. The Hall–Kier alpha value is -7.43. The van der Waals surface area contributed by atoms with Crippen LogP contribution in [-0.4, -0.2) is 136 Å². The minimum Gasteiger partial charge on any atom is -0.491 e. The Morgan fingerprint density at radius 3 is 1.93 bits per heavy atom. The van der Waals surface area contributed by atoms with Crippen LogP contribution in [0.15, 0.2) is 54.6 Å². The average molecular weight is 976 g/mol. The van der Waals surface area contributed by atoms with Gasteiger partial charge in [0, 0.05) is 63.5 Å². The number of nitrogens with one attached hydrogen (secondary N) is 2. The molecule has 2 aliphatic heterocycles. The van der Waals surface area contributed by atoms with Gasteiger partial charge in [-0.15, -0.1) is 0 Å². The fourth-order valence-corrected chi connectivity index (χ4v) is 8.72. The molecule has 22 heteroatoms. The van der Waals surface area contributed by atoms with E-state index in [4.69, 9.17) is 31.7 Å². The number of benzene rings is 2. The van der Waals surface area contributed by atoms with Gasteiger partial charge in [0.2, 0.25) is 29.6 Å². The molecule has 0 unspecified atom stereocenters. The molecule has 8 rings (SSSR count). The number of carbonyl (C=O) groups is 5. The second-order valence-electron chi connectivity index (χ2n) is 18.4. The van der Waals surface area contributed by atoms with Crippen molar-refractivity contribution < 1.29 is 33.4 Å². The Bertz CT molecular complexity index is 2970. The number of aromatic nitrogens is 8. The molecular formula is C49H65N15O7. The van der Waals surface area contributed by atoms with Crippen LogP contribution in [0.1, 0.15) is 94.1 Å². The van der Waals surface area contributed by atoms with Crippen LogP contribution < -0.4 is 32.6 Å². The zero-order valence-corrected chi connectivity index (χ0v) is 41.5. The number of fused-ring (bicyclic) bond motifs is 2. The fourth-order valence-electron chi connectivity index (χ4n) is 8.72. The Morgan fingerprint density at radius 2 is 1.35 bits per heavy atom. The summed E-state index contributed by atoms with van der Waals surface area (Å²) in [4.78, 5) is 77.9. The van der Waals surface area contributed by atoms with Crippen LogP contribution in [-0.2, 0) is 35.7 Å². The van der Waals surface area contributed by atoms with Gasteiger partial charge in [0.15, 0.2) is 0 Å². The van der Waals surface area contributed by atoms with Gasteiger partial charge in [-0.3, -0.25) is 48.9 Å². The van der Waals surface area contributed by atoms with Crippen molar-refractivity contribution in [1.29, 1.82) is 0 Å². The van der Waals surface area contributed by atoms with Crippen molar-refractivity contribution in [3.8, 4) is 5.75 Å². The molecule has 2 fully saturated rings. The highest BCUT2D eigenvalue weighted by atomic mass is 16.5. The van der Waals surface area contributed by atoms with Crippen LogP contribution in [0.4, 0.5) is 11.9 Å². The second-order valence-corrected chi connectivity index (χ2v) is 18.4. The summed E-state index contributed by atoms with van der Waals surface area (Å²) in [6, 6.07) is 11.4. The van der Waals surface area contributed by atoms with Gasteiger partial charge in [-0.25, -0.2) is 9.97 Å². The summed E-state index contributed by atoms with van der Waals surface area (Å²) in [7, 11) is 0. The lowest BCUT2D eigenvalue weighted by molar-refractivity contribution is -0.188. The number of hydrogen-bond donors (Lipinski definition) is 5. The number of rotatable bonds is 18. The fraction of sp³-hybridized carbons (Fsp3) is 0.449. The van der Waals surface area contributed by atoms with Crippen molar-refractivity contribution in [3.05, 3.63) is 88.5 Å². The molecule has 71 heavy (non-hydrogen) atoms. The number of primary amides is 2. The van der Waals surface area contributed by atoms with E-state index in [9.17, 15) is 24.0 Å². The standard InChI is InChI=1S/C45H55N15O7.C4H10/c1-5-59-34(18-27(3)53-59)41(64)51-43-49-31-20-29(39(47)62)10-11-33(31)57(43)13-7-8-14-58-38-32(50-44(58)52-42(65)35-19-28(4)54-60(35)6-2)21-30(40(48)63)22-36(38)66-16-9-12-55-24-45(25-55)26-56(15-17-67-45)37(61)23-46;1-4(2)3/h7-8,10-11,18-22H,5-6,9,12-17,23-26,46H2,1-4H3,(H2,47,62)(H2,48,63)(H,49,51,64)(H,50,52,65);4H,1-3H3/b8-7+;. The molecule has 6 heterocycles. The van der Waals surface area contributed by atoms with Crippen molar-refractivity contribution in [2.45, 2.75) is 86.7 Å². The molecule has 8 N–H and O–H groups in total. The van der Waals surface area contributed by atoms with Crippen LogP contribution in [0.3, 0.4) is 0 Å². The molecule has 0 aliphatic carbocycles. The topological polar surface area (TPSA) is 284 Å². The summed E-state index contributed by atoms with van der Waals surface area (Å²) >= 11 is 0. The van der Waals surface area contributed by atoms with Crippen molar-refractivity contribution >= 4 is 63.5 Å². The molecule has 4 aromatic heterocycles. The van der Waals surface area contributed by atoms with Gasteiger partial charge in [0.1, 0.15) is 28.3 Å². The first-order valence-electron chi connectivity index (χ1n) is 23.9. The number of nitrogens with two attached hydrogens (primary N) is 3. The molecule has 2 aromatic carbocycles. The van der Waals surface area contributed by atoms with Crippen LogP contribution in [0.5, 0.6) is 5.75 Å². The Kier molecular flexibility index (Phi) is 16.0. The number of carbonyl (C=O) groups excluding carboxylic acids is 5. The predicted octanol–water partition coefficient (Wildman–Crippen LogP) is 3.70. The van der Waals surface area contributed by atoms with E-state index in [1.165, 1.54) is 0 Å². The number of anilines is 2. The van der Waals surface area contributed by atoms with E-state index in [0.717, 1.165) is 5.92 Å². The largest absolute Gasteiger partial charge is 0.491 e. The van der Waals surface area contributed by atoms with Gasteiger partial charge in [-0.2, -0.15) is 10.2 Å². The third-order valence-electron chi connectivity index (χ3n) is 11.9. The summed E-state index contributed by atoms with van der Waals surface area (Å²) in [5.74, 6) is -0.649. The zero-order chi connectivity index (χ0) is 51.1. The molecule has 1 spiro atoms. The highest BCUT2D eigenvalue weighted by Gasteiger charge is 2.47. The van der Waals surface area contributed by atoms with E-state index in [2.05, 4.69) is 51.5 Å². The SMILES string of the molecule is CC(C)C.CCn1nc(C)cc1C(=O)Nc1nc2cc(C(N)=O)ccc2n1C/C=C/Cn1c(NC(=O)c2cc(C)nn2CC)nc2cc(C(N)=O)cc(OCCCN3CC4(C3)CN(C(=O)CN)CCO4)c21. The maximum atomic E-state index is 13.9. The van der Waals surface area contributed by atoms with Crippen LogP contribution >= 0.6 is 0 Å². The molecule has 378 valence electrons. The molecule has 5 amide bonds. The van der Waals surface area contributed by atoms with Gasteiger partial charge in [0.05, 0.1) is 54.2 Å². The number of morpholine rings is 1.